The van der Waals surface area contributed by atoms with E-state index >= 15 is 0 Å². The first-order valence-electron chi connectivity index (χ1n) is 15.5. The molecule has 0 radical (unpaired) electrons. The van der Waals surface area contributed by atoms with Gasteiger partial charge in [-0.2, -0.15) is 0 Å². The maximum absolute atomic E-state index is 13.0. The number of rotatable bonds is 9. The van der Waals surface area contributed by atoms with Gasteiger partial charge in [0, 0.05) is 52.9 Å². The zero-order chi connectivity index (χ0) is 33.2. The summed E-state index contributed by atoms with van der Waals surface area (Å²) in [5.41, 5.74) is 5.99. The van der Waals surface area contributed by atoms with E-state index in [-0.39, 0.29) is 5.57 Å². The quantitative estimate of drug-likeness (QED) is 0.104. The first-order valence-corrected chi connectivity index (χ1v) is 18.0. The lowest BCUT2D eigenvalue weighted by molar-refractivity contribution is -0.129. The Morgan fingerprint density at radius 2 is 1.44 bits per heavy atom. The number of fused-ring (bicyclic) bond motifs is 1. The highest BCUT2D eigenvalue weighted by molar-refractivity contribution is 7.27. The molecule has 3 aromatic heterocycles. The maximum Gasteiger partial charge on any atom is 0.354 e. The Bertz CT molecular complexity index is 2170. The molecule has 6 nitrogen and oxygen atoms in total. The molecule has 0 fully saturated rings. The molecule has 0 saturated carbocycles. The third kappa shape index (κ3) is 6.66. The van der Waals surface area contributed by atoms with Crippen LogP contribution in [-0.2, 0) is 16.0 Å². The molecule has 3 N–H and O–H groups in total. The van der Waals surface area contributed by atoms with Gasteiger partial charge in [-0.3, -0.25) is 10.2 Å². The van der Waals surface area contributed by atoms with Crippen molar-refractivity contribution in [2.75, 3.05) is 16.8 Å². The van der Waals surface area contributed by atoms with Gasteiger partial charge in [0.1, 0.15) is 0 Å². The normalized spacial score (nSPS) is 12.9. The van der Waals surface area contributed by atoms with Gasteiger partial charge in [0.2, 0.25) is 0 Å². The fourth-order valence-electron chi connectivity index (χ4n) is 5.76. The van der Waals surface area contributed by atoms with Gasteiger partial charge >= 0.3 is 5.97 Å². The number of carbonyl (C=O) groups excluding carboxylic acids is 1. The molecule has 1 amide bonds. The molecule has 48 heavy (non-hydrogen) atoms. The molecular weight excluding hydrogens is 655 g/mol. The molecule has 0 atom stereocenters. The van der Waals surface area contributed by atoms with E-state index < -0.39 is 17.6 Å². The van der Waals surface area contributed by atoms with Crippen molar-refractivity contribution in [1.29, 1.82) is 5.41 Å². The Kier molecular flexibility index (Phi) is 8.90. The van der Waals surface area contributed by atoms with Crippen molar-refractivity contribution in [2.45, 2.75) is 19.8 Å². The number of amides is 1. The zero-order valence-electron chi connectivity index (χ0n) is 26.0. The monoisotopic (exact) mass is 685 g/mol. The minimum Gasteiger partial charge on any atom is -0.477 e. The minimum absolute atomic E-state index is 0.206. The summed E-state index contributed by atoms with van der Waals surface area (Å²) in [6.07, 6.45) is 3.68. The number of aryl methyl sites for hydroxylation is 2. The smallest absolute Gasteiger partial charge is 0.354 e. The van der Waals surface area contributed by atoms with Gasteiger partial charge in [-0.05, 0) is 110 Å². The van der Waals surface area contributed by atoms with Gasteiger partial charge < -0.3 is 15.3 Å². The molecule has 3 aromatic carbocycles. The van der Waals surface area contributed by atoms with E-state index in [0.717, 1.165) is 29.1 Å². The summed E-state index contributed by atoms with van der Waals surface area (Å²) >= 11 is 4.94. The molecule has 1 aliphatic heterocycles. The molecule has 1 aliphatic rings. The van der Waals surface area contributed by atoms with E-state index in [1.165, 1.54) is 60.1 Å². The number of carboxylic acid groups (broad SMARTS) is 1. The summed E-state index contributed by atoms with van der Waals surface area (Å²) in [7, 11) is 0. The van der Waals surface area contributed by atoms with Crippen LogP contribution in [0.15, 0.2) is 115 Å². The Labute approximate surface area is 290 Å². The molecule has 6 aromatic rings. The minimum atomic E-state index is -1.46. The van der Waals surface area contributed by atoms with Crippen LogP contribution < -0.4 is 10.2 Å². The molecular formula is C39H31N3O3S3. The maximum atomic E-state index is 13.0. The van der Waals surface area contributed by atoms with Crippen LogP contribution >= 0.6 is 34.0 Å². The van der Waals surface area contributed by atoms with Gasteiger partial charge in [0.05, 0.1) is 5.57 Å². The topological polar surface area (TPSA) is 93.5 Å². The van der Waals surface area contributed by atoms with E-state index in [1.54, 1.807) is 46.9 Å². The van der Waals surface area contributed by atoms with Gasteiger partial charge in [0.25, 0.3) is 5.91 Å². The largest absolute Gasteiger partial charge is 0.477 e. The van der Waals surface area contributed by atoms with Gasteiger partial charge in [0.15, 0.2) is 5.71 Å². The van der Waals surface area contributed by atoms with E-state index in [4.69, 9.17) is 5.41 Å². The fourth-order valence-corrected chi connectivity index (χ4v) is 8.90. The molecule has 238 valence electrons. The lowest BCUT2D eigenvalue weighted by atomic mass is 9.98. The molecule has 9 heteroatoms. The third-order valence-corrected chi connectivity index (χ3v) is 11.8. The second-order valence-electron chi connectivity index (χ2n) is 11.5. The molecule has 4 heterocycles. The van der Waals surface area contributed by atoms with Crippen LogP contribution in [0.1, 0.15) is 22.4 Å². The predicted molar refractivity (Wildman–Crippen MR) is 201 cm³/mol. The van der Waals surface area contributed by atoms with Crippen LogP contribution in [0.2, 0.25) is 0 Å². The zero-order valence-corrected chi connectivity index (χ0v) is 28.5. The number of nitrogens with one attached hydrogen (secondary N) is 2. The first-order chi connectivity index (χ1) is 23.3. The van der Waals surface area contributed by atoms with Gasteiger partial charge in [-0.15, -0.1) is 34.0 Å². The Morgan fingerprint density at radius 1 is 0.792 bits per heavy atom. The summed E-state index contributed by atoms with van der Waals surface area (Å²) in [6, 6.07) is 36.8. The Morgan fingerprint density at radius 3 is 2.15 bits per heavy atom. The number of anilines is 3. The van der Waals surface area contributed by atoms with Crippen molar-refractivity contribution < 1.29 is 14.7 Å². The van der Waals surface area contributed by atoms with Crippen LogP contribution in [0, 0.1) is 12.3 Å². The van der Waals surface area contributed by atoms with Crippen molar-refractivity contribution in [2.24, 2.45) is 0 Å². The molecule has 7 rings (SSSR count). The van der Waals surface area contributed by atoms with Crippen molar-refractivity contribution in [3.8, 4) is 29.9 Å². The highest BCUT2D eigenvalue weighted by Gasteiger charge is 2.22. The lowest BCUT2D eigenvalue weighted by Crippen LogP contribution is -2.25. The van der Waals surface area contributed by atoms with E-state index in [9.17, 15) is 14.7 Å². The fraction of sp³-hybridized carbons (Fsp3) is 0.103. The van der Waals surface area contributed by atoms with Crippen molar-refractivity contribution in [1.82, 2.24) is 0 Å². The Hall–Kier alpha value is -5.09. The summed E-state index contributed by atoms with van der Waals surface area (Å²) in [4.78, 5) is 33.4. The van der Waals surface area contributed by atoms with Crippen molar-refractivity contribution in [3.63, 3.8) is 0 Å². The second kappa shape index (κ2) is 13.6. The van der Waals surface area contributed by atoms with E-state index in [1.807, 2.05) is 18.2 Å². The number of hydrogen-bond acceptors (Lipinski definition) is 7. The van der Waals surface area contributed by atoms with Gasteiger partial charge in [-0.1, -0.05) is 42.0 Å². The van der Waals surface area contributed by atoms with Crippen molar-refractivity contribution >= 4 is 74.7 Å². The Balaban J connectivity index is 1.09. The number of para-hydroxylation sites is 1. The highest BCUT2D eigenvalue weighted by Crippen LogP contribution is 2.43. The SMILES string of the molecule is Cc1ccc(N2CCCc3cc(-c4ccc(-c5ccc(-c6ccc(/C=C(/C(=N)C(=O)O)C(=O)Nc7ccccc7)s6)s5)s4)ccc32)cc1. The average molecular weight is 686 g/mol. The predicted octanol–water partition coefficient (Wildman–Crippen LogP) is 10.4. The highest BCUT2D eigenvalue weighted by atomic mass is 32.1. The number of hydrogen-bond donors (Lipinski definition) is 3. The summed E-state index contributed by atoms with van der Waals surface area (Å²) in [6.45, 7) is 3.15. The third-order valence-electron chi connectivity index (χ3n) is 8.20. The van der Waals surface area contributed by atoms with Crippen LogP contribution in [0.25, 0.3) is 36.0 Å². The summed E-state index contributed by atoms with van der Waals surface area (Å²) in [5, 5.41) is 20.2. The number of benzene rings is 3. The number of aliphatic carboxylic acids is 1. The summed E-state index contributed by atoms with van der Waals surface area (Å²) in [5.74, 6) is -2.10. The van der Waals surface area contributed by atoms with E-state index in [0.29, 0.717) is 10.6 Å². The number of carbonyl (C=O) groups is 2. The van der Waals surface area contributed by atoms with Crippen LogP contribution in [-0.4, -0.2) is 29.2 Å². The van der Waals surface area contributed by atoms with Gasteiger partial charge in [-0.25, -0.2) is 4.79 Å². The van der Waals surface area contributed by atoms with Crippen LogP contribution in [0.5, 0.6) is 0 Å². The number of carboxylic acids is 1. The van der Waals surface area contributed by atoms with Crippen LogP contribution in [0.4, 0.5) is 17.1 Å². The average Bonchev–Trinajstić information content (AvgIpc) is 3.89. The molecule has 0 spiro atoms. The van der Waals surface area contributed by atoms with Crippen LogP contribution in [0.3, 0.4) is 0 Å². The first kappa shape index (κ1) is 31.5. The van der Waals surface area contributed by atoms with E-state index in [2.05, 4.69) is 83.9 Å². The number of thiophene rings is 3. The number of nitrogens with zero attached hydrogens (tertiary/aromatic N) is 1. The molecule has 0 unspecified atom stereocenters. The lowest BCUT2D eigenvalue weighted by Gasteiger charge is -2.31. The second-order valence-corrected chi connectivity index (χ2v) is 14.8. The van der Waals surface area contributed by atoms with Crippen molar-refractivity contribution in [3.05, 3.63) is 131 Å². The summed E-state index contributed by atoms with van der Waals surface area (Å²) < 4.78 is 0. The molecule has 0 bridgehead atoms. The standard InChI is InChI=1S/C39H31N3O3S3/c1-24-9-12-28(13-10-24)42-21-5-6-25-22-26(11-15-31(25)42)32-17-18-35(47-32)36-20-19-34(48-36)33-16-14-29(46-33)23-30(37(40)39(44)45)38(43)41-27-7-3-2-4-8-27/h2-4,7-20,22-23,40H,5-6,21H2,1H3,(H,41,43)(H,44,45)/b30-23-,40-37?. The molecule has 0 aliphatic carbocycles. The molecule has 0 saturated heterocycles.